The Morgan fingerprint density at radius 3 is 2.83 bits per heavy atom. The molecule has 0 saturated heterocycles. The Balaban J connectivity index is 0.00000256. The molecule has 7 heteroatoms. The molecule has 30 heavy (non-hydrogen) atoms. The summed E-state index contributed by atoms with van der Waals surface area (Å²) in [7, 11) is 0. The third-order valence-corrected chi connectivity index (χ3v) is 5.99. The molecule has 1 aromatic carbocycles. The van der Waals surface area contributed by atoms with E-state index in [0.717, 1.165) is 50.6 Å². The van der Waals surface area contributed by atoms with Crippen LogP contribution in [0.25, 0.3) is 0 Å². The molecule has 4 rings (SSSR count). The van der Waals surface area contributed by atoms with Gasteiger partial charge in [0.25, 0.3) is 0 Å². The molecule has 1 aliphatic heterocycles. The van der Waals surface area contributed by atoms with Crippen molar-refractivity contribution in [2.24, 2.45) is 10.9 Å². The molecule has 2 unspecified atom stereocenters. The molecule has 2 N–H and O–H groups in total. The van der Waals surface area contributed by atoms with Gasteiger partial charge in [-0.15, -0.1) is 24.0 Å². The summed E-state index contributed by atoms with van der Waals surface area (Å²) in [5, 5.41) is 11.4. The molecule has 2 heterocycles. The maximum Gasteiger partial charge on any atom is 0.191 e. The number of aliphatic imine (C=N–C) groups is 1. The van der Waals surface area contributed by atoms with Crippen LogP contribution < -0.4 is 15.4 Å². The molecule has 0 bridgehead atoms. The largest absolute Gasteiger partial charge is 0.487 e. The smallest absolute Gasteiger partial charge is 0.191 e. The fraction of sp³-hybridized carbons (Fsp3) is 0.565. The van der Waals surface area contributed by atoms with Gasteiger partial charge in [-0.05, 0) is 50.7 Å². The summed E-state index contributed by atoms with van der Waals surface area (Å²) in [4.78, 5) is 4.89. The number of rotatable bonds is 6. The standard InChI is InChI=1S/C23H33N5O.HI/c1-3-24-22(25-16-18(2)17-28-14-8-13-26-28)27-20-15-23(11-6-7-12-23)29-21-10-5-4-9-19(20)21;/h4-5,8-10,13-14,18,20H,3,6-7,11-12,15-17H2,1-2H3,(H2,24,25,27);1H. The van der Waals surface area contributed by atoms with Gasteiger partial charge in [-0.25, -0.2) is 0 Å². The van der Waals surface area contributed by atoms with Gasteiger partial charge in [0.2, 0.25) is 0 Å². The van der Waals surface area contributed by atoms with Gasteiger partial charge in [-0.1, -0.05) is 25.1 Å². The highest BCUT2D eigenvalue weighted by Gasteiger charge is 2.43. The van der Waals surface area contributed by atoms with E-state index in [0.29, 0.717) is 5.92 Å². The first-order valence-electron chi connectivity index (χ1n) is 11.0. The number of aromatic nitrogens is 2. The van der Waals surface area contributed by atoms with Gasteiger partial charge >= 0.3 is 0 Å². The normalized spacial score (nSPS) is 20.7. The third kappa shape index (κ3) is 5.47. The van der Waals surface area contributed by atoms with Crippen LogP contribution >= 0.6 is 24.0 Å². The van der Waals surface area contributed by atoms with Crippen LogP contribution in [0.4, 0.5) is 0 Å². The molecule has 1 fully saturated rings. The lowest BCUT2D eigenvalue weighted by Gasteiger charge is -2.40. The van der Waals surface area contributed by atoms with Crippen LogP contribution in [-0.2, 0) is 6.54 Å². The zero-order chi connectivity index (χ0) is 20.1. The van der Waals surface area contributed by atoms with E-state index in [9.17, 15) is 0 Å². The highest BCUT2D eigenvalue weighted by Crippen LogP contribution is 2.46. The molecule has 0 amide bonds. The van der Waals surface area contributed by atoms with Gasteiger partial charge < -0.3 is 15.4 Å². The average Bonchev–Trinajstić information content (AvgIpc) is 3.39. The molecule has 2 atom stereocenters. The Morgan fingerprint density at radius 1 is 1.30 bits per heavy atom. The van der Waals surface area contributed by atoms with Crippen molar-refractivity contribution in [2.75, 3.05) is 13.1 Å². The lowest BCUT2D eigenvalue weighted by molar-refractivity contribution is 0.0396. The Morgan fingerprint density at radius 2 is 2.10 bits per heavy atom. The number of benzene rings is 1. The second-order valence-corrected chi connectivity index (χ2v) is 8.48. The molecule has 1 spiro atoms. The number of hydrogen-bond acceptors (Lipinski definition) is 3. The Bertz CT molecular complexity index is 817. The van der Waals surface area contributed by atoms with Crippen LogP contribution in [0.1, 0.15) is 57.6 Å². The number of guanidine groups is 1. The topological polar surface area (TPSA) is 63.5 Å². The predicted octanol–water partition coefficient (Wildman–Crippen LogP) is 4.53. The predicted molar refractivity (Wildman–Crippen MR) is 132 cm³/mol. The quantitative estimate of drug-likeness (QED) is 0.332. The van der Waals surface area contributed by atoms with E-state index in [1.165, 1.54) is 18.4 Å². The first kappa shape index (κ1) is 22.9. The molecule has 164 valence electrons. The van der Waals surface area contributed by atoms with Crippen LogP contribution in [0.5, 0.6) is 5.75 Å². The SMILES string of the molecule is CCNC(=NCC(C)Cn1cccn1)NC1CC2(CCCC2)Oc2ccccc21.I. The minimum atomic E-state index is -0.0171. The van der Waals surface area contributed by atoms with Gasteiger partial charge in [0.05, 0.1) is 6.04 Å². The molecule has 0 radical (unpaired) electrons. The van der Waals surface area contributed by atoms with Crippen molar-refractivity contribution in [1.29, 1.82) is 0 Å². The van der Waals surface area contributed by atoms with Crippen LogP contribution in [0.3, 0.4) is 0 Å². The van der Waals surface area contributed by atoms with E-state index in [1.54, 1.807) is 0 Å². The number of hydrogen-bond donors (Lipinski definition) is 2. The second-order valence-electron chi connectivity index (χ2n) is 8.48. The zero-order valence-corrected chi connectivity index (χ0v) is 20.3. The minimum Gasteiger partial charge on any atom is -0.487 e. The maximum atomic E-state index is 6.50. The van der Waals surface area contributed by atoms with Gasteiger partial charge in [-0.2, -0.15) is 5.10 Å². The average molecular weight is 523 g/mol. The minimum absolute atomic E-state index is 0. The van der Waals surface area contributed by atoms with Crippen molar-refractivity contribution in [3.8, 4) is 5.75 Å². The number of fused-ring (bicyclic) bond motifs is 1. The molecule has 1 saturated carbocycles. The summed E-state index contributed by atoms with van der Waals surface area (Å²) in [5.74, 6) is 2.32. The summed E-state index contributed by atoms with van der Waals surface area (Å²) >= 11 is 0. The van der Waals surface area contributed by atoms with Gasteiger partial charge in [0.1, 0.15) is 11.4 Å². The van der Waals surface area contributed by atoms with Crippen molar-refractivity contribution in [3.63, 3.8) is 0 Å². The van der Waals surface area contributed by atoms with E-state index in [2.05, 4.69) is 53.8 Å². The summed E-state index contributed by atoms with van der Waals surface area (Å²) in [6, 6.07) is 10.6. The maximum absolute atomic E-state index is 6.50. The van der Waals surface area contributed by atoms with Crippen molar-refractivity contribution >= 4 is 29.9 Å². The van der Waals surface area contributed by atoms with E-state index >= 15 is 0 Å². The van der Waals surface area contributed by atoms with Gasteiger partial charge in [0.15, 0.2) is 5.96 Å². The van der Waals surface area contributed by atoms with Crippen LogP contribution in [0.2, 0.25) is 0 Å². The van der Waals surface area contributed by atoms with Gasteiger partial charge in [0, 0.05) is 44.0 Å². The molecule has 1 aromatic heterocycles. The van der Waals surface area contributed by atoms with Gasteiger partial charge in [-0.3, -0.25) is 9.67 Å². The van der Waals surface area contributed by atoms with Crippen molar-refractivity contribution in [1.82, 2.24) is 20.4 Å². The van der Waals surface area contributed by atoms with Crippen LogP contribution in [-0.4, -0.2) is 34.4 Å². The highest BCUT2D eigenvalue weighted by molar-refractivity contribution is 14.0. The van der Waals surface area contributed by atoms with E-state index in [-0.39, 0.29) is 35.6 Å². The Hall–Kier alpha value is -1.77. The highest BCUT2D eigenvalue weighted by atomic mass is 127. The van der Waals surface area contributed by atoms with E-state index < -0.39 is 0 Å². The van der Waals surface area contributed by atoms with Crippen molar-refractivity contribution < 1.29 is 4.74 Å². The summed E-state index contributed by atoms with van der Waals surface area (Å²) in [6.07, 6.45) is 9.63. The number of halogens is 1. The molecule has 2 aliphatic rings. The van der Waals surface area contributed by atoms with Crippen molar-refractivity contribution in [3.05, 3.63) is 48.3 Å². The van der Waals surface area contributed by atoms with E-state index in [4.69, 9.17) is 9.73 Å². The molecule has 6 nitrogen and oxygen atoms in total. The molecule has 1 aliphatic carbocycles. The summed E-state index contributed by atoms with van der Waals surface area (Å²) in [5.41, 5.74) is 1.22. The second kappa shape index (κ2) is 10.5. The fourth-order valence-electron chi connectivity index (χ4n) is 4.59. The Kier molecular flexibility index (Phi) is 8.02. The monoisotopic (exact) mass is 523 g/mol. The molecule has 2 aromatic rings. The third-order valence-electron chi connectivity index (χ3n) is 5.99. The first-order chi connectivity index (χ1) is 14.2. The zero-order valence-electron chi connectivity index (χ0n) is 18.0. The molecular weight excluding hydrogens is 489 g/mol. The number of nitrogens with one attached hydrogen (secondary N) is 2. The van der Waals surface area contributed by atoms with E-state index in [1.807, 2.05) is 23.1 Å². The lowest BCUT2D eigenvalue weighted by Crippen LogP contribution is -2.46. The van der Waals surface area contributed by atoms with Crippen LogP contribution in [0, 0.1) is 5.92 Å². The number of para-hydroxylation sites is 1. The van der Waals surface area contributed by atoms with Crippen molar-refractivity contribution in [2.45, 2.75) is 64.1 Å². The molecular formula is C23H34IN5O. The summed E-state index contributed by atoms with van der Waals surface area (Å²) < 4.78 is 8.47. The lowest BCUT2D eigenvalue weighted by atomic mass is 9.86. The summed E-state index contributed by atoms with van der Waals surface area (Å²) in [6.45, 7) is 6.80. The van der Waals surface area contributed by atoms with Crippen LogP contribution in [0.15, 0.2) is 47.7 Å². The first-order valence-corrected chi connectivity index (χ1v) is 11.0. The Labute approximate surface area is 196 Å². The number of ether oxygens (including phenoxy) is 1. The fourth-order valence-corrected chi connectivity index (χ4v) is 4.59. The number of nitrogens with zero attached hydrogens (tertiary/aromatic N) is 3.